The summed E-state index contributed by atoms with van der Waals surface area (Å²) in [5, 5.41) is 10.8. The standard InChI is InChI=1S/C8H14N2S/c1-3-9-7-5-11-6-8(7)10-4-2/h5-6,9-10H,3-4H2,1-2H3. The van der Waals surface area contributed by atoms with Crippen LogP contribution in [0, 0.1) is 0 Å². The highest BCUT2D eigenvalue weighted by atomic mass is 32.1. The van der Waals surface area contributed by atoms with Crippen LogP contribution < -0.4 is 10.6 Å². The lowest BCUT2D eigenvalue weighted by molar-refractivity contribution is 1.19. The molecule has 0 saturated heterocycles. The molecule has 0 aromatic carbocycles. The topological polar surface area (TPSA) is 24.1 Å². The molecule has 11 heavy (non-hydrogen) atoms. The van der Waals surface area contributed by atoms with Gasteiger partial charge in [0.2, 0.25) is 0 Å². The Balaban J connectivity index is 2.62. The second-order valence-corrected chi connectivity index (χ2v) is 3.00. The van der Waals surface area contributed by atoms with E-state index in [1.807, 2.05) is 0 Å². The van der Waals surface area contributed by atoms with E-state index in [1.165, 1.54) is 11.4 Å². The Morgan fingerprint density at radius 2 is 1.55 bits per heavy atom. The molecule has 0 amide bonds. The van der Waals surface area contributed by atoms with Crippen molar-refractivity contribution >= 4 is 22.7 Å². The molecule has 0 radical (unpaired) electrons. The van der Waals surface area contributed by atoms with E-state index in [-0.39, 0.29) is 0 Å². The highest BCUT2D eigenvalue weighted by Gasteiger charge is 1.98. The number of thiophene rings is 1. The molecule has 62 valence electrons. The summed E-state index contributed by atoms with van der Waals surface area (Å²) in [5.74, 6) is 0. The van der Waals surface area contributed by atoms with Gasteiger partial charge in [-0.1, -0.05) is 0 Å². The third-order valence-corrected chi connectivity index (χ3v) is 2.14. The number of hydrogen-bond acceptors (Lipinski definition) is 3. The third-order valence-electron chi connectivity index (χ3n) is 1.40. The molecular formula is C8H14N2S. The first-order valence-corrected chi connectivity index (χ1v) is 4.86. The molecule has 1 aromatic rings. The lowest BCUT2D eigenvalue weighted by Gasteiger charge is -2.05. The molecule has 3 heteroatoms. The molecule has 0 atom stereocenters. The fraction of sp³-hybridized carbons (Fsp3) is 0.500. The molecule has 2 nitrogen and oxygen atoms in total. The molecule has 0 unspecified atom stereocenters. The van der Waals surface area contributed by atoms with E-state index in [9.17, 15) is 0 Å². The largest absolute Gasteiger partial charge is 0.383 e. The summed E-state index contributed by atoms with van der Waals surface area (Å²) in [6.07, 6.45) is 0. The smallest absolute Gasteiger partial charge is 0.0684 e. The van der Waals surface area contributed by atoms with Crippen LogP contribution in [0.2, 0.25) is 0 Å². The quantitative estimate of drug-likeness (QED) is 0.726. The predicted octanol–water partition coefficient (Wildman–Crippen LogP) is 2.61. The minimum Gasteiger partial charge on any atom is -0.383 e. The van der Waals surface area contributed by atoms with Crippen LogP contribution in [0.15, 0.2) is 10.8 Å². The molecule has 2 N–H and O–H groups in total. The second-order valence-electron chi connectivity index (χ2n) is 2.26. The predicted molar refractivity (Wildman–Crippen MR) is 52.6 cm³/mol. The SMILES string of the molecule is CCNc1cscc1NCC. The van der Waals surface area contributed by atoms with Gasteiger partial charge in [-0.15, -0.1) is 11.3 Å². The van der Waals surface area contributed by atoms with Crippen molar-refractivity contribution in [2.75, 3.05) is 23.7 Å². The lowest BCUT2D eigenvalue weighted by Crippen LogP contribution is -2.01. The van der Waals surface area contributed by atoms with Crippen molar-refractivity contribution in [2.24, 2.45) is 0 Å². The van der Waals surface area contributed by atoms with Gasteiger partial charge in [0.15, 0.2) is 0 Å². The summed E-state index contributed by atoms with van der Waals surface area (Å²) in [4.78, 5) is 0. The van der Waals surface area contributed by atoms with Gasteiger partial charge < -0.3 is 10.6 Å². The maximum atomic E-state index is 3.29. The van der Waals surface area contributed by atoms with Gasteiger partial charge >= 0.3 is 0 Å². The first kappa shape index (κ1) is 8.40. The second kappa shape index (κ2) is 4.23. The third kappa shape index (κ3) is 2.12. The Morgan fingerprint density at radius 1 is 1.09 bits per heavy atom. The maximum absolute atomic E-state index is 3.29. The molecule has 0 saturated carbocycles. The van der Waals surface area contributed by atoms with Gasteiger partial charge in [-0.3, -0.25) is 0 Å². The highest BCUT2D eigenvalue weighted by molar-refractivity contribution is 7.08. The molecule has 0 aliphatic rings. The Kier molecular flexibility index (Phi) is 3.23. The Hall–Kier alpha value is -0.700. The van der Waals surface area contributed by atoms with E-state index in [2.05, 4.69) is 35.2 Å². The summed E-state index contributed by atoms with van der Waals surface area (Å²) < 4.78 is 0. The van der Waals surface area contributed by atoms with E-state index >= 15 is 0 Å². The summed E-state index contributed by atoms with van der Waals surface area (Å²) in [6, 6.07) is 0. The highest BCUT2D eigenvalue weighted by Crippen LogP contribution is 2.25. The van der Waals surface area contributed by atoms with Crippen molar-refractivity contribution in [1.82, 2.24) is 0 Å². The Bertz CT molecular complexity index is 187. The molecule has 1 rings (SSSR count). The molecular weight excluding hydrogens is 156 g/mol. The van der Waals surface area contributed by atoms with Crippen molar-refractivity contribution in [1.29, 1.82) is 0 Å². The first-order valence-electron chi connectivity index (χ1n) is 3.92. The van der Waals surface area contributed by atoms with Crippen LogP contribution >= 0.6 is 11.3 Å². The van der Waals surface area contributed by atoms with Crippen LogP contribution in [0.25, 0.3) is 0 Å². The molecule has 0 bridgehead atoms. The zero-order valence-electron chi connectivity index (χ0n) is 6.98. The molecule has 0 fully saturated rings. The monoisotopic (exact) mass is 170 g/mol. The van der Waals surface area contributed by atoms with Crippen LogP contribution in [0.5, 0.6) is 0 Å². The fourth-order valence-electron chi connectivity index (χ4n) is 0.952. The average Bonchev–Trinajstić information content (AvgIpc) is 2.39. The molecule has 1 aromatic heterocycles. The van der Waals surface area contributed by atoms with Gasteiger partial charge in [-0.2, -0.15) is 0 Å². The van der Waals surface area contributed by atoms with Gasteiger partial charge in [-0.05, 0) is 13.8 Å². The Morgan fingerprint density at radius 3 is 1.91 bits per heavy atom. The van der Waals surface area contributed by atoms with Gasteiger partial charge in [0.25, 0.3) is 0 Å². The molecule has 0 aliphatic carbocycles. The van der Waals surface area contributed by atoms with Crippen molar-refractivity contribution in [3.63, 3.8) is 0 Å². The normalized spacial score (nSPS) is 9.64. The van der Waals surface area contributed by atoms with Crippen molar-refractivity contribution in [2.45, 2.75) is 13.8 Å². The fourth-order valence-corrected chi connectivity index (χ4v) is 1.71. The molecule has 0 spiro atoms. The van der Waals surface area contributed by atoms with Gasteiger partial charge in [0, 0.05) is 23.8 Å². The van der Waals surface area contributed by atoms with E-state index in [0.717, 1.165) is 13.1 Å². The molecule has 1 heterocycles. The zero-order valence-corrected chi connectivity index (χ0v) is 7.79. The van der Waals surface area contributed by atoms with Crippen LogP contribution in [0.1, 0.15) is 13.8 Å². The van der Waals surface area contributed by atoms with Crippen LogP contribution in [-0.4, -0.2) is 13.1 Å². The summed E-state index contributed by atoms with van der Waals surface area (Å²) in [7, 11) is 0. The summed E-state index contributed by atoms with van der Waals surface area (Å²) >= 11 is 1.72. The number of hydrogen-bond donors (Lipinski definition) is 2. The average molecular weight is 170 g/mol. The van der Waals surface area contributed by atoms with Crippen molar-refractivity contribution < 1.29 is 0 Å². The summed E-state index contributed by atoms with van der Waals surface area (Å²) in [5.41, 5.74) is 2.44. The van der Waals surface area contributed by atoms with Crippen LogP contribution in [0.3, 0.4) is 0 Å². The van der Waals surface area contributed by atoms with Crippen molar-refractivity contribution in [3.8, 4) is 0 Å². The van der Waals surface area contributed by atoms with Gasteiger partial charge in [-0.25, -0.2) is 0 Å². The number of nitrogens with one attached hydrogen (secondary N) is 2. The molecule has 0 aliphatic heterocycles. The Labute approximate surface area is 71.6 Å². The zero-order chi connectivity index (χ0) is 8.10. The van der Waals surface area contributed by atoms with E-state index in [4.69, 9.17) is 0 Å². The minimum atomic E-state index is 0.981. The van der Waals surface area contributed by atoms with Gasteiger partial charge in [0.1, 0.15) is 0 Å². The lowest BCUT2D eigenvalue weighted by atomic mass is 10.4. The maximum Gasteiger partial charge on any atom is 0.0684 e. The van der Waals surface area contributed by atoms with Crippen LogP contribution in [-0.2, 0) is 0 Å². The van der Waals surface area contributed by atoms with Gasteiger partial charge in [0.05, 0.1) is 11.4 Å². The number of anilines is 2. The number of rotatable bonds is 4. The minimum absolute atomic E-state index is 0.981. The first-order chi connectivity index (χ1) is 5.38. The van der Waals surface area contributed by atoms with E-state index < -0.39 is 0 Å². The summed E-state index contributed by atoms with van der Waals surface area (Å²) in [6.45, 7) is 6.17. The van der Waals surface area contributed by atoms with Crippen LogP contribution in [0.4, 0.5) is 11.4 Å². The van der Waals surface area contributed by atoms with Crippen molar-refractivity contribution in [3.05, 3.63) is 10.8 Å². The van der Waals surface area contributed by atoms with E-state index in [1.54, 1.807) is 11.3 Å². The van der Waals surface area contributed by atoms with E-state index in [0.29, 0.717) is 0 Å².